The summed E-state index contributed by atoms with van der Waals surface area (Å²) < 4.78 is 26.7. The van der Waals surface area contributed by atoms with Crippen molar-refractivity contribution in [3.8, 4) is 0 Å². The molecule has 3 N–H and O–H groups in total. The number of fused-ring (bicyclic) bond motifs is 1. The van der Waals surface area contributed by atoms with E-state index in [-0.39, 0.29) is 29.9 Å². The number of amides is 1. The van der Waals surface area contributed by atoms with Crippen LogP contribution in [0.1, 0.15) is 18.9 Å². The summed E-state index contributed by atoms with van der Waals surface area (Å²) in [7, 11) is -3.62. The van der Waals surface area contributed by atoms with E-state index in [1.54, 1.807) is 13.0 Å². The second kappa shape index (κ2) is 5.28. The van der Waals surface area contributed by atoms with E-state index in [1.807, 2.05) is 0 Å². The number of hydrogen-bond acceptors (Lipinski definition) is 4. The summed E-state index contributed by atoms with van der Waals surface area (Å²) in [6, 6.07) is 4.20. The molecule has 19 heavy (non-hydrogen) atoms. The molecule has 1 heterocycles. The lowest BCUT2D eigenvalue weighted by atomic mass is 10.2. The molecule has 1 amide bonds. The fourth-order valence-corrected chi connectivity index (χ4v) is 3.29. The number of nitrogens with one attached hydrogen (secondary N) is 2. The first-order valence-corrected chi connectivity index (χ1v) is 7.46. The number of aliphatic hydroxyl groups excluding tert-OH is 1. The molecule has 1 aromatic rings. The monoisotopic (exact) mass is 284 g/mol. The fraction of sp³-hybridized carbons (Fsp3) is 0.417. The number of aliphatic hydroxyl groups is 1. The molecule has 0 radical (unpaired) electrons. The molecular formula is C12H16N2O4S. The normalized spacial score (nSPS) is 16.0. The van der Waals surface area contributed by atoms with Crippen LogP contribution >= 0.6 is 0 Å². The number of rotatable bonds is 5. The molecule has 1 aromatic carbocycles. The molecule has 6 nitrogen and oxygen atoms in total. The molecule has 1 atom stereocenters. The second-order valence-electron chi connectivity index (χ2n) is 4.58. The largest absolute Gasteiger partial charge is 0.396 e. The number of hydrogen-bond donors (Lipinski definition) is 3. The molecule has 7 heteroatoms. The predicted octanol–water partition coefficient (Wildman–Crippen LogP) is 0.230. The van der Waals surface area contributed by atoms with Gasteiger partial charge in [0.1, 0.15) is 0 Å². The van der Waals surface area contributed by atoms with Gasteiger partial charge in [0, 0.05) is 18.3 Å². The van der Waals surface area contributed by atoms with Crippen LogP contribution in [0.15, 0.2) is 23.1 Å². The molecule has 1 aliphatic heterocycles. The molecule has 0 saturated heterocycles. The highest BCUT2D eigenvalue weighted by Gasteiger charge is 2.22. The molecule has 0 spiro atoms. The highest BCUT2D eigenvalue weighted by atomic mass is 32.2. The average molecular weight is 284 g/mol. The van der Waals surface area contributed by atoms with Gasteiger partial charge < -0.3 is 10.4 Å². The van der Waals surface area contributed by atoms with Crippen molar-refractivity contribution in [3.63, 3.8) is 0 Å². The average Bonchev–Trinajstić information content (AvgIpc) is 2.67. The zero-order valence-corrected chi connectivity index (χ0v) is 11.3. The zero-order chi connectivity index (χ0) is 14.0. The number of carbonyl (C=O) groups excluding carboxylic acids is 1. The van der Waals surface area contributed by atoms with Gasteiger partial charge in [0.25, 0.3) is 0 Å². The van der Waals surface area contributed by atoms with Gasteiger partial charge in [-0.15, -0.1) is 0 Å². The summed E-state index contributed by atoms with van der Waals surface area (Å²) >= 11 is 0. The number of anilines is 1. The molecule has 0 aromatic heterocycles. The standard InChI is InChI=1S/C12H16N2O4S/c1-8(4-5-15)14-19(17,18)10-2-3-11-9(6-10)7-12(16)13-11/h2-3,6,8,14-15H,4-5,7H2,1H3,(H,13,16). The van der Waals surface area contributed by atoms with E-state index in [1.165, 1.54) is 12.1 Å². The lowest BCUT2D eigenvalue weighted by Gasteiger charge is -2.13. The van der Waals surface area contributed by atoms with Crippen LogP contribution in [-0.4, -0.2) is 32.1 Å². The Morgan fingerprint density at radius 2 is 2.21 bits per heavy atom. The number of carbonyl (C=O) groups is 1. The third-order valence-electron chi connectivity index (χ3n) is 2.93. The SMILES string of the molecule is CC(CCO)NS(=O)(=O)c1ccc2c(c1)CC(=O)N2. The first-order chi connectivity index (χ1) is 8.92. The van der Waals surface area contributed by atoms with Crippen LogP contribution in [0.3, 0.4) is 0 Å². The van der Waals surface area contributed by atoms with Crippen LogP contribution < -0.4 is 10.0 Å². The third kappa shape index (κ3) is 3.12. The van der Waals surface area contributed by atoms with E-state index in [4.69, 9.17) is 5.11 Å². The van der Waals surface area contributed by atoms with Gasteiger partial charge in [0.05, 0.1) is 11.3 Å². The molecule has 0 fully saturated rings. The second-order valence-corrected chi connectivity index (χ2v) is 6.29. The smallest absolute Gasteiger partial charge is 0.240 e. The Morgan fingerprint density at radius 3 is 2.89 bits per heavy atom. The number of benzene rings is 1. The molecular weight excluding hydrogens is 268 g/mol. The number of sulfonamides is 1. The molecule has 1 unspecified atom stereocenters. The Hall–Kier alpha value is -1.44. The van der Waals surface area contributed by atoms with Gasteiger partial charge in [0.15, 0.2) is 0 Å². The maximum absolute atomic E-state index is 12.1. The summed E-state index contributed by atoms with van der Waals surface area (Å²) in [5.74, 6) is -0.133. The zero-order valence-electron chi connectivity index (χ0n) is 10.5. The maximum atomic E-state index is 12.1. The third-order valence-corrected chi connectivity index (χ3v) is 4.52. The van der Waals surface area contributed by atoms with Crippen LogP contribution in [0, 0.1) is 0 Å². The van der Waals surface area contributed by atoms with Crippen molar-refractivity contribution in [3.05, 3.63) is 23.8 Å². The highest BCUT2D eigenvalue weighted by Crippen LogP contribution is 2.25. The summed E-state index contributed by atoms with van der Waals surface area (Å²) in [6.07, 6.45) is 0.551. The van der Waals surface area contributed by atoms with Gasteiger partial charge in [0.2, 0.25) is 15.9 Å². The van der Waals surface area contributed by atoms with Gasteiger partial charge in [-0.1, -0.05) is 0 Å². The van der Waals surface area contributed by atoms with Crippen LogP contribution in [-0.2, 0) is 21.2 Å². The Kier molecular flexibility index (Phi) is 3.88. The van der Waals surface area contributed by atoms with Gasteiger partial charge >= 0.3 is 0 Å². The Labute approximate surface area is 111 Å². The molecule has 0 bridgehead atoms. The maximum Gasteiger partial charge on any atom is 0.240 e. The lowest BCUT2D eigenvalue weighted by Crippen LogP contribution is -2.33. The minimum atomic E-state index is -3.62. The minimum absolute atomic E-state index is 0.0771. The summed E-state index contributed by atoms with van der Waals surface area (Å²) in [4.78, 5) is 11.4. The van der Waals surface area contributed by atoms with Crippen molar-refractivity contribution < 1.29 is 18.3 Å². The van der Waals surface area contributed by atoms with E-state index >= 15 is 0 Å². The molecule has 104 valence electrons. The van der Waals surface area contributed by atoms with E-state index < -0.39 is 10.0 Å². The Balaban J connectivity index is 2.22. The minimum Gasteiger partial charge on any atom is -0.396 e. The van der Waals surface area contributed by atoms with Crippen molar-refractivity contribution in [1.82, 2.24) is 4.72 Å². The van der Waals surface area contributed by atoms with Crippen molar-refractivity contribution in [2.45, 2.75) is 30.7 Å². The van der Waals surface area contributed by atoms with Crippen molar-refractivity contribution in [2.75, 3.05) is 11.9 Å². The van der Waals surface area contributed by atoms with Gasteiger partial charge in [-0.2, -0.15) is 0 Å². The van der Waals surface area contributed by atoms with E-state index in [2.05, 4.69) is 10.0 Å². The first kappa shape index (κ1) is 14.0. The van der Waals surface area contributed by atoms with E-state index in [0.717, 1.165) is 0 Å². The van der Waals surface area contributed by atoms with Crippen LogP contribution in [0.2, 0.25) is 0 Å². The van der Waals surface area contributed by atoms with Crippen molar-refractivity contribution in [2.24, 2.45) is 0 Å². The van der Waals surface area contributed by atoms with E-state index in [0.29, 0.717) is 17.7 Å². The van der Waals surface area contributed by atoms with Crippen LogP contribution in [0.25, 0.3) is 0 Å². The van der Waals surface area contributed by atoms with Gasteiger partial charge in [-0.25, -0.2) is 13.1 Å². The fourth-order valence-electron chi connectivity index (χ4n) is 1.96. The van der Waals surface area contributed by atoms with Crippen LogP contribution in [0.4, 0.5) is 5.69 Å². The van der Waals surface area contributed by atoms with Crippen LogP contribution in [0.5, 0.6) is 0 Å². The molecule has 0 saturated carbocycles. The van der Waals surface area contributed by atoms with Crippen molar-refractivity contribution >= 4 is 21.6 Å². The van der Waals surface area contributed by atoms with Gasteiger partial charge in [-0.05, 0) is 37.1 Å². The summed E-state index contributed by atoms with van der Waals surface area (Å²) in [5, 5.41) is 11.4. The summed E-state index contributed by atoms with van der Waals surface area (Å²) in [5.41, 5.74) is 1.34. The predicted molar refractivity (Wildman–Crippen MR) is 70.3 cm³/mol. The lowest BCUT2D eigenvalue weighted by molar-refractivity contribution is -0.115. The molecule has 2 rings (SSSR count). The highest BCUT2D eigenvalue weighted by molar-refractivity contribution is 7.89. The quantitative estimate of drug-likeness (QED) is 0.721. The molecule has 1 aliphatic rings. The first-order valence-electron chi connectivity index (χ1n) is 5.98. The Bertz CT molecular complexity index is 598. The Morgan fingerprint density at radius 1 is 1.47 bits per heavy atom. The summed E-state index contributed by atoms with van der Waals surface area (Å²) in [6.45, 7) is 1.61. The van der Waals surface area contributed by atoms with Gasteiger partial charge in [-0.3, -0.25) is 4.79 Å². The van der Waals surface area contributed by atoms with Crippen molar-refractivity contribution in [1.29, 1.82) is 0 Å². The van der Waals surface area contributed by atoms with E-state index in [9.17, 15) is 13.2 Å². The topological polar surface area (TPSA) is 95.5 Å². The molecule has 0 aliphatic carbocycles.